The third kappa shape index (κ3) is 3.61. The van der Waals surface area contributed by atoms with Crippen molar-refractivity contribution in [2.75, 3.05) is 0 Å². The molecule has 1 heterocycles. The van der Waals surface area contributed by atoms with Crippen molar-refractivity contribution in [2.24, 2.45) is 0 Å². The Morgan fingerprint density at radius 1 is 1.18 bits per heavy atom. The zero-order chi connectivity index (χ0) is 20.5. The fourth-order valence-electron chi connectivity index (χ4n) is 2.75. The van der Waals surface area contributed by atoms with Crippen molar-refractivity contribution >= 4 is 29.3 Å². The molecule has 144 valence electrons. The van der Waals surface area contributed by atoms with E-state index in [-0.39, 0.29) is 16.5 Å². The summed E-state index contributed by atoms with van der Waals surface area (Å²) >= 11 is 5.77. The number of Topliss-reactive ketones (excluding diaryl/α,β-unsaturated/α-hetero) is 1. The molecule has 1 aliphatic heterocycles. The molecule has 0 saturated heterocycles. The van der Waals surface area contributed by atoms with Crippen LogP contribution in [0.4, 0.5) is 4.39 Å². The normalized spacial score (nSPS) is 18.6. The van der Waals surface area contributed by atoms with Gasteiger partial charge >= 0.3 is 5.97 Å². The molecule has 3 rings (SSSR count). The molecule has 0 spiro atoms. The molecular weight excluding hydrogens is 389 g/mol. The Balaban J connectivity index is 1.98. The fraction of sp³-hybridized carbons (Fsp3) is 0.150. The first-order valence-electron chi connectivity index (χ1n) is 8.21. The van der Waals surface area contributed by atoms with Gasteiger partial charge in [-0.2, -0.15) is 0 Å². The van der Waals surface area contributed by atoms with Gasteiger partial charge in [-0.1, -0.05) is 35.9 Å². The quantitative estimate of drug-likeness (QED) is 0.791. The molecule has 8 heteroatoms. The van der Waals surface area contributed by atoms with Gasteiger partial charge in [-0.3, -0.25) is 19.7 Å². The van der Waals surface area contributed by atoms with Gasteiger partial charge in [-0.15, -0.1) is 0 Å². The number of benzene rings is 2. The molecule has 1 N–H and O–H groups in total. The van der Waals surface area contributed by atoms with Gasteiger partial charge in [-0.05, 0) is 31.2 Å². The van der Waals surface area contributed by atoms with Gasteiger partial charge in [0.25, 0.3) is 11.7 Å². The highest BCUT2D eigenvalue weighted by molar-refractivity contribution is 6.30. The van der Waals surface area contributed by atoms with Gasteiger partial charge in [0.2, 0.25) is 17.2 Å². The minimum Gasteiger partial charge on any atom is -0.456 e. The lowest BCUT2D eigenvalue weighted by Crippen LogP contribution is -2.33. The number of hydrogen-bond acceptors (Lipinski definition) is 5. The number of ketones is 1. The lowest BCUT2D eigenvalue weighted by Gasteiger charge is -2.24. The number of carbonyl (C=O) groups excluding carboxylic acids is 3. The minimum absolute atomic E-state index is 0.115. The maximum atomic E-state index is 14.4. The van der Waals surface area contributed by atoms with Crippen LogP contribution in [0.2, 0.25) is 5.02 Å². The molecule has 1 unspecified atom stereocenters. The summed E-state index contributed by atoms with van der Waals surface area (Å²) in [5.41, 5.74) is -1.67. The summed E-state index contributed by atoms with van der Waals surface area (Å²) < 4.78 is 25.0. The van der Waals surface area contributed by atoms with Crippen LogP contribution < -0.4 is 5.32 Å². The highest BCUT2D eigenvalue weighted by Crippen LogP contribution is 2.40. The predicted octanol–water partition coefficient (Wildman–Crippen LogP) is 3.46. The van der Waals surface area contributed by atoms with Crippen LogP contribution in [0.25, 0.3) is 0 Å². The van der Waals surface area contributed by atoms with E-state index in [0.29, 0.717) is 5.56 Å². The average Bonchev–Trinajstić information content (AvgIpc) is 2.87. The number of esters is 1. The van der Waals surface area contributed by atoms with E-state index in [1.807, 2.05) is 0 Å². The topological polar surface area (TPSA) is 81.7 Å². The van der Waals surface area contributed by atoms with Crippen molar-refractivity contribution in [3.8, 4) is 0 Å². The molecule has 1 atom stereocenters. The second kappa shape index (κ2) is 7.44. The van der Waals surface area contributed by atoms with Crippen molar-refractivity contribution in [3.63, 3.8) is 0 Å². The molecule has 2 aromatic rings. The molecule has 0 bridgehead atoms. The first-order chi connectivity index (χ1) is 13.2. The Labute approximate surface area is 164 Å². The third-order valence-corrected chi connectivity index (χ3v) is 4.34. The molecule has 28 heavy (non-hydrogen) atoms. The molecule has 0 fully saturated rings. The largest absolute Gasteiger partial charge is 0.456 e. The van der Waals surface area contributed by atoms with Crippen LogP contribution in [0.15, 0.2) is 60.2 Å². The second-order valence-corrected chi connectivity index (χ2v) is 6.60. The number of ether oxygens (including phenoxy) is 2. The Bertz CT molecular complexity index is 1000. The summed E-state index contributed by atoms with van der Waals surface area (Å²) in [7, 11) is 0. The molecule has 0 aromatic heterocycles. The molecule has 0 saturated carbocycles. The molecule has 6 nitrogen and oxygen atoms in total. The third-order valence-electron chi connectivity index (χ3n) is 4.11. The van der Waals surface area contributed by atoms with Crippen LogP contribution in [0.1, 0.15) is 29.8 Å². The maximum absolute atomic E-state index is 14.4. The Kier molecular flexibility index (Phi) is 5.20. The van der Waals surface area contributed by atoms with Crippen LogP contribution in [0, 0.1) is 5.82 Å². The van der Waals surface area contributed by atoms with E-state index in [9.17, 15) is 18.8 Å². The minimum atomic E-state index is -1.85. The molecule has 1 aliphatic rings. The first-order valence-corrected chi connectivity index (χ1v) is 8.58. The highest BCUT2D eigenvalue weighted by Gasteiger charge is 2.51. The van der Waals surface area contributed by atoms with Crippen molar-refractivity contribution in [1.82, 2.24) is 5.32 Å². The average molecular weight is 404 g/mol. The van der Waals surface area contributed by atoms with Crippen molar-refractivity contribution < 1.29 is 28.2 Å². The summed E-state index contributed by atoms with van der Waals surface area (Å²) in [6.45, 7) is 2.41. The zero-order valence-corrected chi connectivity index (χ0v) is 15.7. The van der Waals surface area contributed by atoms with Crippen molar-refractivity contribution in [2.45, 2.75) is 19.4 Å². The molecule has 0 aliphatic carbocycles. The van der Waals surface area contributed by atoms with Gasteiger partial charge in [0.05, 0.1) is 0 Å². The lowest BCUT2D eigenvalue weighted by atomic mass is 9.91. The Morgan fingerprint density at radius 3 is 2.46 bits per heavy atom. The first kappa shape index (κ1) is 19.6. The standard InChI is InChI=1S/C20H15ClFNO5/c1-11(24)27-16-17(25)20(2,14-9-8-13(21)10-15(14)22)28-19(16)23-18(26)12-6-4-3-5-7-12/h3-10H,1-2H3,(H,23,26). The Morgan fingerprint density at radius 2 is 1.86 bits per heavy atom. The number of amides is 1. The van der Waals surface area contributed by atoms with Crippen LogP contribution >= 0.6 is 11.6 Å². The van der Waals surface area contributed by atoms with E-state index in [0.717, 1.165) is 13.0 Å². The number of rotatable bonds is 4. The van der Waals surface area contributed by atoms with Gasteiger partial charge in [0.15, 0.2) is 0 Å². The van der Waals surface area contributed by atoms with E-state index >= 15 is 0 Å². The van der Waals surface area contributed by atoms with Crippen LogP contribution in [-0.4, -0.2) is 17.7 Å². The molecule has 0 radical (unpaired) electrons. The van der Waals surface area contributed by atoms with E-state index in [4.69, 9.17) is 21.1 Å². The van der Waals surface area contributed by atoms with E-state index < -0.39 is 34.8 Å². The van der Waals surface area contributed by atoms with Gasteiger partial charge in [0.1, 0.15) is 5.82 Å². The zero-order valence-electron chi connectivity index (χ0n) is 14.9. The SMILES string of the molecule is CC(=O)OC1=C(NC(=O)c2ccccc2)OC(C)(c2ccc(Cl)cc2F)C1=O. The summed E-state index contributed by atoms with van der Waals surface area (Å²) in [6, 6.07) is 11.9. The van der Waals surface area contributed by atoms with Crippen LogP contribution in [0.5, 0.6) is 0 Å². The van der Waals surface area contributed by atoms with E-state index in [2.05, 4.69) is 5.32 Å². The molecule has 1 amide bonds. The van der Waals surface area contributed by atoms with E-state index in [1.54, 1.807) is 30.3 Å². The van der Waals surface area contributed by atoms with Gasteiger partial charge in [0, 0.05) is 23.1 Å². The Hall–Kier alpha value is -3.19. The smallest absolute Gasteiger partial charge is 0.308 e. The number of halogens is 2. The van der Waals surface area contributed by atoms with Crippen LogP contribution in [0.3, 0.4) is 0 Å². The molecular formula is C20H15ClFNO5. The van der Waals surface area contributed by atoms with Gasteiger partial charge < -0.3 is 9.47 Å². The second-order valence-electron chi connectivity index (χ2n) is 6.16. The summed E-state index contributed by atoms with van der Waals surface area (Å²) in [5.74, 6) is -3.85. The molecule has 2 aromatic carbocycles. The summed E-state index contributed by atoms with van der Waals surface area (Å²) in [6.07, 6.45) is 0. The van der Waals surface area contributed by atoms with Crippen LogP contribution in [-0.2, 0) is 24.7 Å². The summed E-state index contributed by atoms with van der Waals surface area (Å²) in [5, 5.41) is 2.55. The van der Waals surface area contributed by atoms with Gasteiger partial charge in [-0.25, -0.2) is 4.39 Å². The van der Waals surface area contributed by atoms with E-state index in [1.165, 1.54) is 19.1 Å². The van der Waals surface area contributed by atoms with Crippen molar-refractivity contribution in [1.29, 1.82) is 0 Å². The summed E-state index contributed by atoms with van der Waals surface area (Å²) in [4.78, 5) is 36.8. The number of hydrogen-bond donors (Lipinski definition) is 1. The lowest BCUT2D eigenvalue weighted by molar-refractivity contribution is -0.142. The van der Waals surface area contributed by atoms with Crippen molar-refractivity contribution in [3.05, 3.63) is 82.1 Å². The predicted molar refractivity (Wildman–Crippen MR) is 97.6 cm³/mol. The monoisotopic (exact) mass is 403 g/mol. The maximum Gasteiger partial charge on any atom is 0.308 e. The number of nitrogens with one attached hydrogen (secondary N) is 1. The fourth-order valence-corrected chi connectivity index (χ4v) is 2.91. The highest BCUT2D eigenvalue weighted by atomic mass is 35.5. The number of carbonyl (C=O) groups is 3.